The van der Waals surface area contributed by atoms with Crippen molar-refractivity contribution in [2.45, 2.75) is 0 Å². The molecule has 0 spiro atoms. The number of rotatable bonds is 13. The molecule has 2 aromatic rings. The molecule has 0 radical (unpaired) electrons. The van der Waals surface area contributed by atoms with Crippen molar-refractivity contribution in [3.05, 3.63) is 36.4 Å². The third-order valence-electron chi connectivity index (χ3n) is 4.63. The SMILES string of the molecule is COc1cc(N=NN(C)CCS(=O)(=O)O)ccc1-c1ccc(N=NN(C)CCS(=O)(=O)O)cc1OC. The molecule has 0 saturated carbocycles. The van der Waals surface area contributed by atoms with E-state index in [1.54, 1.807) is 36.4 Å². The second kappa shape index (κ2) is 12.6. The molecule has 0 amide bonds. The Morgan fingerprint density at radius 3 is 1.39 bits per heavy atom. The van der Waals surface area contributed by atoms with Gasteiger partial charge in [-0.3, -0.25) is 19.1 Å². The highest BCUT2D eigenvalue weighted by molar-refractivity contribution is 7.86. The highest BCUT2D eigenvalue weighted by atomic mass is 32.2. The van der Waals surface area contributed by atoms with Gasteiger partial charge in [0, 0.05) is 37.4 Å². The zero-order valence-electron chi connectivity index (χ0n) is 20.1. The van der Waals surface area contributed by atoms with Gasteiger partial charge < -0.3 is 9.47 Å². The molecule has 14 nitrogen and oxygen atoms in total. The van der Waals surface area contributed by atoms with E-state index in [0.29, 0.717) is 34.0 Å². The second-order valence-electron chi connectivity index (χ2n) is 7.48. The van der Waals surface area contributed by atoms with Crippen molar-refractivity contribution < 1.29 is 35.4 Å². The summed E-state index contributed by atoms with van der Waals surface area (Å²) in [6.45, 7) is -0.0659. The number of hydrogen-bond donors (Lipinski definition) is 2. The van der Waals surface area contributed by atoms with E-state index in [0.717, 1.165) is 0 Å². The van der Waals surface area contributed by atoms with E-state index in [1.807, 2.05) is 0 Å². The number of benzene rings is 2. The van der Waals surface area contributed by atoms with Crippen molar-refractivity contribution in [3.8, 4) is 22.6 Å². The number of hydrogen-bond acceptors (Lipinski definition) is 10. The zero-order chi connectivity index (χ0) is 26.9. The molecule has 0 aliphatic heterocycles. The van der Waals surface area contributed by atoms with Crippen LogP contribution in [0.5, 0.6) is 11.5 Å². The van der Waals surface area contributed by atoms with Crippen molar-refractivity contribution in [1.82, 2.24) is 10.0 Å². The predicted molar refractivity (Wildman–Crippen MR) is 132 cm³/mol. The van der Waals surface area contributed by atoms with E-state index in [2.05, 4.69) is 20.7 Å². The molecule has 0 heterocycles. The number of nitrogens with zero attached hydrogens (tertiary/aromatic N) is 6. The van der Waals surface area contributed by atoms with Crippen LogP contribution in [0.25, 0.3) is 11.1 Å². The minimum Gasteiger partial charge on any atom is -0.496 e. The van der Waals surface area contributed by atoms with Crippen LogP contribution in [0.1, 0.15) is 0 Å². The second-order valence-corrected chi connectivity index (χ2v) is 10.6. The highest BCUT2D eigenvalue weighted by Gasteiger charge is 2.14. The van der Waals surface area contributed by atoms with Gasteiger partial charge in [-0.1, -0.05) is 10.4 Å². The van der Waals surface area contributed by atoms with Gasteiger partial charge in [0.15, 0.2) is 0 Å². The molecule has 0 unspecified atom stereocenters. The first-order valence-electron chi connectivity index (χ1n) is 10.3. The molecule has 36 heavy (non-hydrogen) atoms. The van der Waals surface area contributed by atoms with Crippen molar-refractivity contribution in [2.24, 2.45) is 20.7 Å². The summed E-state index contributed by atoms with van der Waals surface area (Å²) in [7, 11) is -2.15. The van der Waals surface area contributed by atoms with Crippen LogP contribution >= 0.6 is 0 Å². The number of methoxy groups -OCH3 is 2. The minimum absolute atomic E-state index is 0.0330. The van der Waals surface area contributed by atoms with Crippen molar-refractivity contribution in [2.75, 3.05) is 52.9 Å². The monoisotopic (exact) mass is 544 g/mol. The van der Waals surface area contributed by atoms with E-state index in [-0.39, 0.29) is 13.1 Å². The van der Waals surface area contributed by atoms with Gasteiger partial charge >= 0.3 is 0 Å². The van der Waals surface area contributed by atoms with Crippen molar-refractivity contribution in [1.29, 1.82) is 0 Å². The van der Waals surface area contributed by atoms with Gasteiger partial charge in [-0.2, -0.15) is 16.8 Å². The molecule has 0 fully saturated rings. The predicted octanol–water partition coefficient (Wildman–Crippen LogP) is 3.01. The number of ether oxygens (including phenoxy) is 2. The summed E-state index contributed by atoms with van der Waals surface area (Å²) in [6.07, 6.45) is 0. The fourth-order valence-electron chi connectivity index (χ4n) is 2.77. The summed E-state index contributed by atoms with van der Waals surface area (Å²) in [5.74, 6) is 0.0106. The van der Waals surface area contributed by atoms with Gasteiger partial charge in [-0.15, -0.1) is 10.2 Å². The first kappa shape index (κ1) is 28.9. The Bertz CT molecular complexity index is 1210. The van der Waals surface area contributed by atoms with Crippen LogP contribution in [-0.4, -0.2) is 88.9 Å². The Balaban J connectivity index is 2.22. The normalized spacial score (nSPS) is 12.3. The van der Waals surface area contributed by atoms with Crippen LogP contribution in [-0.2, 0) is 20.2 Å². The van der Waals surface area contributed by atoms with E-state index in [1.165, 1.54) is 38.3 Å². The summed E-state index contributed by atoms with van der Waals surface area (Å²) >= 11 is 0. The molecular formula is C20H28N6O8S2. The maximum absolute atomic E-state index is 10.9. The first-order valence-corrected chi connectivity index (χ1v) is 13.6. The van der Waals surface area contributed by atoms with E-state index in [4.69, 9.17) is 18.6 Å². The molecule has 0 bridgehead atoms. The Labute approximate surface area is 209 Å². The fourth-order valence-corrected chi connectivity index (χ4v) is 3.76. The molecule has 16 heteroatoms. The molecule has 0 saturated heterocycles. The van der Waals surface area contributed by atoms with Crippen molar-refractivity contribution in [3.63, 3.8) is 0 Å². The Morgan fingerprint density at radius 2 is 1.08 bits per heavy atom. The summed E-state index contributed by atoms with van der Waals surface area (Å²) < 4.78 is 72.1. The Morgan fingerprint density at radius 1 is 0.722 bits per heavy atom. The molecule has 2 rings (SSSR count). The fraction of sp³-hybridized carbons (Fsp3) is 0.400. The molecule has 0 atom stereocenters. The molecule has 0 aliphatic rings. The molecular weight excluding hydrogens is 516 g/mol. The third-order valence-corrected chi connectivity index (χ3v) is 6.03. The van der Waals surface area contributed by atoms with Gasteiger partial charge in [0.2, 0.25) is 0 Å². The third kappa shape index (κ3) is 9.73. The molecule has 198 valence electrons. The average Bonchev–Trinajstić information content (AvgIpc) is 2.82. The van der Waals surface area contributed by atoms with Crippen LogP contribution in [0.4, 0.5) is 11.4 Å². The Kier molecular flexibility index (Phi) is 10.1. The van der Waals surface area contributed by atoms with E-state index >= 15 is 0 Å². The van der Waals surface area contributed by atoms with E-state index < -0.39 is 31.7 Å². The quantitative estimate of drug-likeness (QED) is 0.216. The first-order chi connectivity index (χ1) is 16.8. The van der Waals surface area contributed by atoms with Crippen LogP contribution in [0.15, 0.2) is 57.1 Å². The van der Waals surface area contributed by atoms with Crippen LogP contribution in [0, 0.1) is 0 Å². The molecule has 0 aliphatic carbocycles. The van der Waals surface area contributed by atoms with E-state index in [9.17, 15) is 16.8 Å². The van der Waals surface area contributed by atoms with Crippen LogP contribution in [0.2, 0.25) is 0 Å². The lowest BCUT2D eigenvalue weighted by Crippen LogP contribution is -2.20. The summed E-state index contributed by atoms with van der Waals surface area (Å²) in [5.41, 5.74) is 2.29. The lowest BCUT2D eigenvalue weighted by molar-refractivity contribution is 0.346. The van der Waals surface area contributed by atoms with Gasteiger partial charge in [0.05, 0.1) is 50.2 Å². The lowest BCUT2D eigenvalue weighted by Gasteiger charge is -2.14. The van der Waals surface area contributed by atoms with Gasteiger partial charge in [-0.05, 0) is 24.3 Å². The van der Waals surface area contributed by atoms with Gasteiger partial charge in [0.1, 0.15) is 11.5 Å². The summed E-state index contributed by atoms with van der Waals surface area (Å²) in [4.78, 5) is 0. The standard InChI is InChI=1S/C20H28N6O8S2/c1-25(9-11-35(27,28)29)23-21-15-5-7-17(19(13-15)33-3)18-8-6-16(14-20(18)34-4)22-24-26(2)10-12-36(30,31)32/h5-8,13-14H,9-12H2,1-4H3,(H,27,28,29)(H,30,31,32). The highest BCUT2D eigenvalue weighted by Crippen LogP contribution is 2.40. The summed E-state index contributed by atoms with van der Waals surface area (Å²) in [5, 5.41) is 18.5. The Hall–Kier alpha value is -3.34. The molecule has 2 aromatic carbocycles. The average molecular weight is 545 g/mol. The lowest BCUT2D eigenvalue weighted by atomic mass is 10.0. The molecule has 0 aromatic heterocycles. The van der Waals surface area contributed by atoms with Crippen molar-refractivity contribution >= 4 is 31.6 Å². The minimum atomic E-state index is -4.10. The largest absolute Gasteiger partial charge is 0.496 e. The van der Waals surface area contributed by atoms with Gasteiger partial charge in [-0.25, -0.2) is 0 Å². The van der Waals surface area contributed by atoms with Crippen LogP contribution < -0.4 is 9.47 Å². The molecule has 2 N–H and O–H groups in total. The maximum atomic E-state index is 10.9. The van der Waals surface area contributed by atoms with Gasteiger partial charge in [0.25, 0.3) is 20.2 Å². The maximum Gasteiger partial charge on any atom is 0.266 e. The topological polar surface area (TPSA) is 183 Å². The smallest absolute Gasteiger partial charge is 0.266 e. The van der Waals surface area contributed by atoms with Crippen LogP contribution in [0.3, 0.4) is 0 Å². The summed E-state index contributed by atoms with van der Waals surface area (Å²) in [6, 6.07) is 10.2. The zero-order valence-corrected chi connectivity index (χ0v) is 21.8.